The Kier molecular flexibility index (Phi) is 4.57. The van der Waals surface area contributed by atoms with E-state index < -0.39 is 18.2 Å². The van der Waals surface area contributed by atoms with Crippen LogP contribution in [0.3, 0.4) is 0 Å². The molecule has 108 valence electrons. The van der Waals surface area contributed by atoms with E-state index >= 15 is 0 Å². The first-order valence-corrected chi connectivity index (χ1v) is 6.40. The number of amides is 1. The van der Waals surface area contributed by atoms with E-state index in [4.69, 9.17) is 14.6 Å². The van der Waals surface area contributed by atoms with Crippen molar-refractivity contribution in [3.05, 3.63) is 35.9 Å². The molecule has 1 aliphatic heterocycles. The van der Waals surface area contributed by atoms with Gasteiger partial charge in [-0.25, -0.2) is 9.59 Å². The standard InChI is InChI=1S/C14H17NO5/c1-10-7-15(8-12(20-10)13(16)17)14(18)19-9-11-5-3-2-4-6-11/h2-6,10,12H,7-9H2,1H3,(H,16,17)/t10-,12-/m1/s1. The molecule has 1 saturated heterocycles. The fourth-order valence-electron chi connectivity index (χ4n) is 2.05. The van der Waals surface area contributed by atoms with Crippen LogP contribution in [0.5, 0.6) is 0 Å². The number of carboxylic acids is 1. The maximum Gasteiger partial charge on any atom is 0.410 e. The van der Waals surface area contributed by atoms with Crippen LogP contribution in [0.15, 0.2) is 30.3 Å². The van der Waals surface area contributed by atoms with Gasteiger partial charge in [-0.3, -0.25) is 0 Å². The number of hydrogen-bond acceptors (Lipinski definition) is 4. The van der Waals surface area contributed by atoms with E-state index in [0.717, 1.165) is 5.56 Å². The number of ether oxygens (including phenoxy) is 2. The smallest absolute Gasteiger partial charge is 0.410 e. The molecule has 1 amide bonds. The zero-order valence-electron chi connectivity index (χ0n) is 11.2. The highest BCUT2D eigenvalue weighted by atomic mass is 16.6. The van der Waals surface area contributed by atoms with Gasteiger partial charge in [0.2, 0.25) is 0 Å². The Morgan fingerprint density at radius 3 is 2.70 bits per heavy atom. The van der Waals surface area contributed by atoms with Crippen LogP contribution in [0.1, 0.15) is 12.5 Å². The molecule has 20 heavy (non-hydrogen) atoms. The van der Waals surface area contributed by atoms with Crippen LogP contribution in [0, 0.1) is 0 Å². The number of rotatable bonds is 3. The van der Waals surface area contributed by atoms with Gasteiger partial charge in [0.25, 0.3) is 0 Å². The van der Waals surface area contributed by atoms with Crippen LogP contribution in [0.2, 0.25) is 0 Å². The summed E-state index contributed by atoms with van der Waals surface area (Å²) in [4.78, 5) is 24.3. The first-order valence-electron chi connectivity index (χ1n) is 6.40. The van der Waals surface area contributed by atoms with Crippen LogP contribution in [0.25, 0.3) is 0 Å². The van der Waals surface area contributed by atoms with Crippen LogP contribution in [0.4, 0.5) is 4.79 Å². The van der Waals surface area contributed by atoms with Gasteiger partial charge in [0.15, 0.2) is 6.10 Å². The topological polar surface area (TPSA) is 76.1 Å². The number of nitrogens with zero attached hydrogens (tertiary/aromatic N) is 1. The minimum absolute atomic E-state index is 0.00724. The van der Waals surface area contributed by atoms with Gasteiger partial charge >= 0.3 is 12.1 Å². The lowest BCUT2D eigenvalue weighted by atomic mass is 10.2. The second-order valence-electron chi connectivity index (χ2n) is 4.72. The molecule has 1 aromatic carbocycles. The normalized spacial score (nSPS) is 22.4. The van der Waals surface area contributed by atoms with E-state index in [-0.39, 0.29) is 19.3 Å². The van der Waals surface area contributed by atoms with Gasteiger partial charge in [-0.1, -0.05) is 30.3 Å². The molecular formula is C14H17NO5. The Labute approximate surface area is 116 Å². The summed E-state index contributed by atoms with van der Waals surface area (Å²) in [7, 11) is 0. The molecule has 0 spiro atoms. The number of carbonyl (C=O) groups is 2. The first-order chi connectivity index (χ1) is 9.56. The zero-order valence-corrected chi connectivity index (χ0v) is 11.2. The number of morpholine rings is 1. The first kappa shape index (κ1) is 14.3. The Hall–Kier alpha value is -2.08. The average molecular weight is 279 g/mol. The van der Waals surface area contributed by atoms with Gasteiger partial charge in [-0.2, -0.15) is 0 Å². The van der Waals surface area contributed by atoms with E-state index in [9.17, 15) is 9.59 Å². The Morgan fingerprint density at radius 1 is 1.35 bits per heavy atom. The summed E-state index contributed by atoms with van der Waals surface area (Å²) in [6.07, 6.45) is -1.84. The molecule has 0 aliphatic carbocycles. The fourth-order valence-corrected chi connectivity index (χ4v) is 2.05. The lowest BCUT2D eigenvalue weighted by Crippen LogP contribution is -2.51. The average Bonchev–Trinajstić information content (AvgIpc) is 2.45. The molecule has 0 bridgehead atoms. The van der Waals surface area contributed by atoms with Crippen LogP contribution < -0.4 is 0 Å². The fraction of sp³-hybridized carbons (Fsp3) is 0.429. The van der Waals surface area contributed by atoms with Gasteiger partial charge < -0.3 is 19.5 Å². The van der Waals surface area contributed by atoms with Gasteiger partial charge in [-0.05, 0) is 12.5 Å². The van der Waals surface area contributed by atoms with Gasteiger partial charge in [-0.15, -0.1) is 0 Å². The lowest BCUT2D eigenvalue weighted by Gasteiger charge is -2.34. The second kappa shape index (κ2) is 6.38. The summed E-state index contributed by atoms with van der Waals surface area (Å²) in [5.74, 6) is -1.07. The van der Waals surface area contributed by atoms with Crippen LogP contribution in [-0.4, -0.2) is 47.4 Å². The molecular weight excluding hydrogens is 262 g/mol. The highest BCUT2D eigenvalue weighted by Crippen LogP contribution is 2.13. The van der Waals surface area contributed by atoms with Crippen LogP contribution in [-0.2, 0) is 20.9 Å². The van der Waals surface area contributed by atoms with E-state index in [1.165, 1.54) is 4.90 Å². The molecule has 6 nitrogen and oxygen atoms in total. The predicted molar refractivity (Wildman–Crippen MR) is 70.2 cm³/mol. The maximum atomic E-state index is 11.9. The summed E-state index contributed by atoms with van der Waals surface area (Å²) in [5, 5.41) is 8.96. The molecule has 0 unspecified atom stereocenters. The summed E-state index contributed by atoms with van der Waals surface area (Å²) in [5.41, 5.74) is 0.886. The number of carboxylic acid groups (broad SMARTS) is 1. The van der Waals surface area contributed by atoms with E-state index in [2.05, 4.69) is 0 Å². The molecule has 1 fully saturated rings. The van der Waals surface area contributed by atoms with Crippen molar-refractivity contribution in [3.8, 4) is 0 Å². The Morgan fingerprint density at radius 2 is 2.05 bits per heavy atom. The highest BCUT2D eigenvalue weighted by molar-refractivity contribution is 5.75. The number of benzene rings is 1. The third-order valence-corrected chi connectivity index (χ3v) is 3.00. The number of aliphatic carboxylic acids is 1. The Bertz CT molecular complexity index is 476. The van der Waals surface area contributed by atoms with Gasteiger partial charge in [0, 0.05) is 0 Å². The summed E-state index contributed by atoms with van der Waals surface area (Å²) in [6.45, 7) is 2.24. The van der Waals surface area contributed by atoms with Crippen molar-refractivity contribution in [2.75, 3.05) is 13.1 Å². The largest absolute Gasteiger partial charge is 0.479 e. The van der Waals surface area contributed by atoms with Crippen molar-refractivity contribution < 1.29 is 24.2 Å². The van der Waals surface area contributed by atoms with Gasteiger partial charge in [0.05, 0.1) is 19.2 Å². The Balaban J connectivity index is 1.90. The molecule has 0 saturated carbocycles. The highest BCUT2D eigenvalue weighted by Gasteiger charge is 2.33. The summed E-state index contributed by atoms with van der Waals surface area (Å²) >= 11 is 0. The molecule has 0 radical (unpaired) electrons. The predicted octanol–water partition coefficient (Wildman–Crippen LogP) is 1.50. The number of hydrogen-bond donors (Lipinski definition) is 1. The molecule has 1 aliphatic rings. The van der Waals surface area contributed by atoms with Crippen LogP contribution >= 0.6 is 0 Å². The third kappa shape index (κ3) is 3.71. The molecule has 6 heteroatoms. The molecule has 0 aromatic heterocycles. The quantitative estimate of drug-likeness (QED) is 0.907. The van der Waals surface area contributed by atoms with E-state index in [0.29, 0.717) is 6.54 Å². The summed E-state index contributed by atoms with van der Waals surface area (Å²) < 4.78 is 10.4. The maximum absolute atomic E-state index is 11.9. The molecule has 2 atom stereocenters. The lowest BCUT2D eigenvalue weighted by molar-refractivity contribution is -0.161. The monoisotopic (exact) mass is 279 g/mol. The second-order valence-corrected chi connectivity index (χ2v) is 4.72. The molecule has 1 heterocycles. The minimum atomic E-state index is -1.07. The van der Waals surface area contributed by atoms with Crippen molar-refractivity contribution in [3.63, 3.8) is 0 Å². The van der Waals surface area contributed by atoms with Crippen molar-refractivity contribution in [2.24, 2.45) is 0 Å². The van der Waals surface area contributed by atoms with Crippen molar-refractivity contribution in [1.29, 1.82) is 0 Å². The zero-order chi connectivity index (χ0) is 14.5. The molecule has 1 aromatic rings. The van der Waals surface area contributed by atoms with E-state index in [1.54, 1.807) is 6.92 Å². The summed E-state index contributed by atoms with van der Waals surface area (Å²) in [6, 6.07) is 9.32. The third-order valence-electron chi connectivity index (χ3n) is 3.00. The molecule has 1 N–H and O–H groups in total. The number of carbonyl (C=O) groups excluding carboxylic acids is 1. The van der Waals surface area contributed by atoms with Crippen molar-refractivity contribution >= 4 is 12.1 Å². The minimum Gasteiger partial charge on any atom is -0.479 e. The van der Waals surface area contributed by atoms with Gasteiger partial charge in [0.1, 0.15) is 6.61 Å². The van der Waals surface area contributed by atoms with Crippen molar-refractivity contribution in [2.45, 2.75) is 25.7 Å². The SMILES string of the molecule is C[C@@H]1CN(C(=O)OCc2ccccc2)C[C@H](C(=O)O)O1. The molecule has 2 rings (SSSR count). The van der Waals surface area contributed by atoms with Crippen molar-refractivity contribution in [1.82, 2.24) is 4.90 Å². The van der Waals surface area contributed by atoms with E-state index in [1.807, 2.05) is 30.3 Å².